The second kappa shape index (κ2) is 7.76. The maximum absolute atomic E-state index is 12.6. The third-order valence-corrected chi connectivity index (χ3v) is 3.48. The van der Waals surface area contributed by atoms with E-state index in [2.05, 4.69) is 0 Å². The molecule has 116 valence electrons. The van der Waals surface area contributed by atoms with Crippen molar-refractivity contribution in [1.29, 1.82) is 0 Å². The van der Waals surface area contributed by atoms with Crippen LogP contribution >= 0.6 is 0 Å². The third-order valence-electron chi connectivity index (χ3n) is 3.48. The minimum absolute atomic E-state index is 0.0588. The number of nitrogens with zero attached hydrogens (tertiary/aromatic N) is 1. The second-order valence-corrected chi connectivity index (χ2v) is 5.80. The number of Topliss-reactive ketones (excluding diaryl/α,β-unsaturated/α-hetero) is 1. The SMILES string of the molecule is CC(CN(C)C)C(=O)c1ccccc1OCc1ccccc1. The first-order valence-electron chi connectivity index (χ1n) is 7.52. The van der Waals surface area contributed by atoms with Crippen LogP contribution in [0.1, 0.15) is 22.8 Å². The zero-order valence-corrected chi connectivity index (χ0v) is 13.5. The van der Waals surface area contributed by atoms with Crippen LogP contribution in [0.5, 0.6) is 5.75 Å². The summed E-state index contributed by atoms with van der Waals surface area (Å²) < 4.78 is 5.87. The van der Waals surface area contributed by atoms with Gasteiger partial charge in [0.05, 0.1) is 5.56 Å². The molecule has 0 bridgehead atoms. The quantitative estimate of drug-likeness (QED) is 0.731. The first-order valence-corrected chi connectivity index (χ1v) is 7.52. The topological polar surface area (TPSA) is 29.5 Å². The maximum Gasteiger partial charge on any atom is 0.170 e. The van der Waals surface area contributed by atoms with Crippen molar-refractivity contribution in [3.05, 3.63) is 65.7 Å². The minimum Gasteiger partial charge on any atom is -0.488 e. The van der Waals surface area contributed by atoms with Gasteiger partial charge in [-0.25, -0.2) is 0 Å². The molecule has 1 atom stereocenters. The number of rotatable bonds is 7. The molecule has 1 unspecified atom stereocenters. The summed E-state index contributed by atoms with van der Waals surface area (Å²) in [6.07, 6.45) is 0. The number of carbonyl (C=O) groups excluding carboxylic acids is 1. The molecule has 0 radical (unpaired) electrons. The van der Waals surface area contributed by atoms with E-state index in [1.807, 2.05) is 80.5 Å². The van der Waals surface area contributed by atoms with Gasteiger partial charge in [-0.2, -0.15) is 0 Å². The number of benzene rings is 2. The number of ether oxygens (including phenoxy) is 1. The Bertz CT molecular complexity index is 608. The fourth-order valence-electron chi connectivity index (χ4n) is 2.43. The van der Waals surface area contributed by atoms with Crippen molar-refractivity contribution in [2.45, 2.75) is 13.5 Å². The van der Waals surface area contributed by atoms with Crippen LogP contribution in [0.2, 0.25) is 0 Å². The highest BCUT2D eigenvalue weighted by molar-refractivity contribution is 6.00. The van der Waals surface area contributed by atoms with E-state index in [4.69, 9.17) is 4.74 Å². The van der Waals surface area contributed by atoms with Gasteiger partial charge in [-0.3, -0.25) is 4.79 Å². The van der Waals surface area contributed by atoms with Gasteiger partial charge in [-0.15, -0.1) is 0 Å². The Labute approximate surface area is 132 Å². The van der Waals surface area contributed by atoms with E-state index < -0.39 is 0 Å². The molecule has 22 heavy (non-hydrogen) atoms. The van der Waals surface area contributed by atoms with Crippen LogP contribution in [0.15, 0.2) is 54.6 Å². The lowest BCUT2D eigenvalue weighted by atomic mass is 9.98. The van der Waals surface area contributed by atoms with Gasteiger partial charge in [0.25, 0.3) is 0 Å². The zero-order chi connectivity index (χ0) is 15.9. The Morgan fingerprint density at radius 1 is 1.05 bits per heavy atom. The molecule has 0 saturated carbocycles. The molecule has 0 aromatic heterocycles. The number of hydrogen-bond acceptors (Lipinski definition) is 3. The first kappa shape index (κ1) is 16.2. The predicted molar refractivity (Wildman–Crippen MR) is 89.3 cm³/mol. The molecule has 0 heterocycles. The van der Waals surface area contributed by atoms with E-state index in [0.29, 0.717) is 17.9 Å². The Kier molecular flexibility index (Phi) is 5.73. The molecular weight excluding hydrogens is 274 g/mol. The maximum atomic E-state index is 12.6. The summed E-state index contributed by atoms with van der Waals surface area (Å²) in [6.45, 7) is 3.15. The summed E-state index contributed by atoms with van der Waals surface area (Å²) >= 11 is 0. The number of carbonyl (C=O) groups is 1. The van der Waals surface area contributed by atoms with Crippen molar-refractivity contribution >= 4 is 5.78 Å². The summed E-state index contributed by atoms with van der Waals surface area (Å²) in [4.78, 5) is 14.6. The van der Waals surface area contributed by atoms with E-state index in [1.165, 1.54) is 0 Å². The first-order chi connectivity index (χ1) is 10.6. The lowest BCUT2D eigenvalue weighted by molar-refractivity contribution is 0.0905. The Hall–Kier alpha value is -2.13. The van der Waals surface area contributed by atoms with Gasteiger partial charge < -0.3 is 9.64 Å². The van der Waals surface area contributed by atoms with Crippen molar-refractivity contribution in [2.24, 2.45) is 5.92 Å². The molecule has 0 fully saturated rings. The lowest BCUT2D eigenvalue weighted by Gasteiger charge is -2.17. The van der Waals surface area contributed by atoms with Crippen LogP contribution in [-0.2, 0) is 6.61 Å². The largest absolute Gasteiger partial charge is 0.488 e. The summed E-state index contributed by atoms with van der Waals surface area (Å²) in [5.41, 5.74) is 1.75. The van der Waals surface area contributed by atoms with Crippen LogP contribution in [0.4, 0.5) is 0 Å². The highest BCUT2D eigenvalue weighted by atomic mass is 16.5. The molecule has 2 aromatic rings. The van der Waals surface area contributed by atoms with Gasteiger partial charge >= 0.3 is 0 Å². The van der Waals surface area contributed by atoms with Crippen LogP contribution in [0, 0.1) is 5.92 Å². The minimum atomic E-state index is -0.0588. The molecule has 2 aromatic carbocycles. The molecule has 0 spiro atoms. The molecule has 3 nitrogen and oxygen atoms in total. The van der Waals surface area contributed by atoms with E-state index in [9.17, 15) is 4.79 Å². The van der Waals surface area contributed by atoms with Crippen LogP contribution in [0.25, 0.3) is 0 Å². The fraction of sp³-hybridized carbons (Fsp3) is 0.316. The van der Waals surface area contributed by atoms with E-state index in [1.54, 1.807) is 0 Å². The van der Waals surface area contributed by atoms with Gasteiger partial charge in [-0.05, 0) is 31.8 Å². The predicted octanol–water partition coefficient (Wildman–Crippen LogP) is 3.65. The average Bonchev–Trinajstić information content (AvgIpc) is 2.53. The summed E-state index contributed by atoms with van der Waals surface area (Å²) in [5.74, 6) is 0.718. The number of ketones is 1. The molecule has 0 aliphatic heterocycles. The van der Waals surface area contributed by atoms with Crippen molar-refractivity contribution in [1.82, 2.24) is 4.90 Å². The fourth-order valence-corrected chi connectivity index (χ4v) is 2.43. The summed E-state index contributed by atoms with van der Waals surface area (Å²) in [7, 11) is 3.95. The van der Waals surface area contributed by atoms with E-state index in [-0.39, 0.29) is 11.7 Å². The highest BCUT2D eigenvalue weighted by Crippen LogP contribution is 2.22. The van der Waals surface area contributed by atoms with Crippen molar-refractivity contribution in [3.63, 3.8) is 0 Å². The van der Waals surface area contributed by atoms with E-state index >= 15 is 0 Å². The van der Waals surface area contributed by atoms with Gasteiger partial charge in [0.15, 0.2) is 5.78 Å². The van der Waals surface area contributed by atoms with Crippen LogP contribution in [0.3, 0.4) is 0 Å². The van der Waals surface area contributed by atoms with Crippen molar-refractivity contribution < 1.29 is 9.53 Å². The molecule has 0 N–H and O–H groups in total. The van der Waals surface area contributed by atoms with Crippen LogP contribution in [-0.4, -0.2) is 31.3 Å². The Balaban J connectivity index is 2.11. The zero-order valence-electron chi connectivity index (χ0n) is 13.5. The molecule has 0 aliphatic rings. The molecule has 0 saturated heterocycles. The second-order valence-electron chi connectivity index (χ2n) is 5.80. The Morgan fingerprint density at radius 2 is 1.68 bits per heavy atom. The lowest BCUT2D eigenvalue weighted by Crippen LogP contribution is -2.26. The number of hydrogen-bond donors (Lipinski definition) is 0. The van der Waals surface area contributed by atoms with Gasteiger partial charge in [0.1, 0.15) is 12.4 Å². The molecule has 2 rings (SSSR count). The molecule has 3 heteroatoms. The van der Waals surface area contributed by atoms with Crippen molar-refractivity contribution in [3.8, 4) is 5.75 Å². The smallest absolute Gasteiger partial charge is 0.170 e. The van der Waals surface area contributed by atoms with Gasteiger partial charge in [0.2, 0.25) is 0 Å². The summed E-state index contributed by atoms with van der Waals surface area (Å²) in [5, 5.41) is 0. The normalized spacial score (nSPS) is 12.2. The standard InChI is InChI=1S/C19H23NO2/c1-15(13-20(2)3)19(21)17-11-7-8-12-18(17)22-14-16-9-5-4-6-10-16/h4-12,15H,13-14H2,1-3H3. The monoisotopic (exact) mass is 297 g/mol. The van der Waals surface area contributed by atoms with Crippen LogP contribution < -0.4 is 4.74 Å². The van der Waals surface area contributed by atoms with Gasteiger partial charge in [-0.1, -0.05) is 49.4 Å². The number of para-hydroxylation sites is 1. The molecular formula is C19H23NO2. The van der Waals surface area contributed by atoms with E-state index in [0.717, 1.165) is 12.1 Å². The highest BCUT2D eigenvalue weighted by Gasteiger charge is 2.19. The van der Waals surface area contributed by atoms with Crippen molar-refractivity contribution in [2.75, 3.05) is 20.6 Å². The average molecular weight is 297 g/mol. The Morgan fingerprint density at radius 3 is 2.36 bits per heavy atom. The third kappa shape index (κ3) is 4.43. The van der Waals surface area contributed by atoms with Gasteiger partial charge in [0, 0.05) is 12.5 Å². The molecule has 0 amide bonds. The summed E-state index contributed by atoms with van der Waals surface area (Å²) in [6, 6.07) is 17.4. The molecule has 0 aliphatic carbocycles.